The predicted molar refractivity (Wildman–Crippen MR) is 258 cm³/mol. The van der Waals surface area contributed by atoms with Crippen molar-refractivity contribution in [2.75, 3.05) is 0 Å². The molecule has 63 heavy (non-hydrogen) atoms. The van der Waals surface area contributed by atoms with Crippen molar-refractivity contribution in [3.05, 3.63) is 212 Å². The molecule has 0 aliphatic rings. The molecule has 5 nitrogen and oxygen atoms in total. The lowest BCUT2D eigenvalue weighted by Crippen LogP contribution is -1.98. The molecule has 13 rings (SSSR count). The first kappa shape index (κ1) is 35.2. The molecule has 0 unspecified atom stereocenters. The lowest BCUT2D eigenvalue weighted by molar-refractivity contribution is 0.669. The van der Waals surface area contributed by atoms with E-state index in [1.807, 2.05) is 60.7 Å². The number of rotatable bonds is 6. The fraction of sp³-hybridized carbons (Fsp3) is 0. The number of benzene rings is 9. The van der Waals surface area contributed by atoms with Crippen molar-refractivity contribution < 1.29 is 8.83 Å². The molecule has 0 bridgehead atoms. The SMILES string of the molecule is c1ccc(-c2cc(-c3ccccc3)nc(-c3cccc(-n4c5ccc(-c6cccc7c6oc6ccccc67)cc5c5cc(-c6cccc7c6oc6ccccc67)ccc54)c3)n2)cc1. The number of aromatic nitrogens is 3. The number of hydrogen-bond acceptors (Lipinski definition) is 4. The van der Waals surface area contributed by atoms with E-state index in [2.05, 4.69) is 156 Å². The van der Waals surface area contributed by atoms with E-state index in [1.165, 1.54) is 0 Å². The average Bonchev–Trinajstić information content (AvgIpc) is 4.04. The molecular weight excluding hydrogens is 771 g/mol. The number of nitrogens with zero attached hydrogens (tertiary/aromatic N) is 3. The molecule has 0 atom stereocenters. The maximum Gasteiger partial charge on any atom is 0.160 e. The maximum atomic E-state index is 6.56. The van der Waals surface area contributed by atoms with E-state index in [4.69, 9.17) is 18.8 Å². The molecule has 13 aromatic rings. The fourth-order valence-corrected chi connectivity index (χ4v) is 9.46. The zero-order valence-electron chi connectivity index (χ0n) is 33.9. The molecule has 294 valence electrons. The Balaban J connectivity index is 1.03. The molecule has 0 saturated heterocycles. The van der Waals surface area contributed by atoms with Crippen LogP contribution in [-0.4, -0.2) is 14.5 Å². The van der Waals surface area contributed by atoms with Gasteiger partial charge in [0.15, 0.2) is 5.82 Å². The van der Waals surface area contributed by atoms with Crippen LogP contribution in [0, 0.1) is 0 Å². The van der Waals surface area contributed by atoms with Crippen molar-refractivity contribution in [2.24, 2.45) is 0 Å². The summed E-state index contributed by atoms with van der Waals surface area (Å²) in [5.41, 5.74) is 15.8. The smallest absolute Gasteiger partial charge is 0.160 e. The van der Waals surface area contributed by atoms with E-state index in [-0.39, 0.29) is 0 Å². The van der Waals surface area contributed by atoms with Gasteiger partial charge in [-0.15, -0.1) is 0 Å². The number of hydrogen-bond donors (Lipinski definition) is 0. The van der Waals surface area contributed by atoms with Gasteiger partial charge in [-0.3, -0.25) is 0 Å². The Hall–Kier alpha value is -8.54. The van der Waals surface area contributed by atoms with E-state index >= 15 is 0 Å². The third-order valence-corrected chi connectivity index (χ3v) is 12.4. The van der Waals surface area contributed by atoms with Gasteiger partial charge in [-0.1, -0.05) is 158 Å². The lowest BCUT2D eigenvalue weighted by Gasteiger charge is -2.12. The summed E-state index contributed by atoms with van der Waals surface area (Å²) in [5, 5.41) is 6.72. The topological polar surface area (TPSA) is 57.0 Å². The van der Waals surface area contributed by atoms with Crippen LogP contribution in [0.25, 0.3) is 128 Å². The minimum atomic E-state index is 0.667. The summed E-state index contributed by atoms with van der Waals surface area (Å²) in [4.78, 5) is 10.4. The molecule has 0 N–H and O–H groups in total. The van der Waals surface area contributed by atoms with Crippen molar-refractivity contribution in [1.29, 1.82) is 0 Å². The molecule has 4 aromatic heterocycles. The standard InChI is InChI=1S/C58H35N3O2/c1-3-14-36(15-4-1)50-35-51(37-16-5-2-6-17-37)60-58(59-50)40-18-11-19-41(32-40)61-52-30-28-38(42-22-12-24-46-44-20-7-9-26-54(44)62-56(42)46)33-48(52)49-34-39(29-31-53(49)61)43-23-13-25-47-45-21-8-10-27-55(45)63-57(43)47/h1-35H. The van der Waals surface area contributed by atoms with E-state index in [0.29, 0.717) is 5.82 Å². The summed E-state index contributed by atoms with van der Waals surface area (Å²) in [6.45, 7) is 0. The van der Waals surface area contributed by atoms with Crippen LogP contribution in [0.3, 0.4) is 0 Å². The van der Waals surface area contributed by atoms with Gasteiger partial charge in [-0.05, 0) is 65.7 Å². The van der Waals surface area contributed by atoms with Crippen molar-refractivity contribution in [3.63, 3.8) is 0 Å². The average molecular weight is 806 g/mol. The zero-order valence-corrected chi connectivity index (χ0v) is 33.9. The quantitative estimate of drug-likeness (QED) is 0.168. The third kappa shape index (κ3) is 5.71. The van der Waals surface area contributed by atoms with Crippen LogP contribution in [0.15, 0.2) is 221 Å². The summed E-state index contributed by atoms with van der Waals surface area (Å²) >= 11 is 0. The van der Waals surface area contributed by atoms with Gasteiger partial charge in [0.2, 0.25) is 0 Å². The van der Waals surface area contributed by atoms with Gasteiger partial charge < -0.3 is 13.4 Å². The van der Waals surface area contributed by atoms with Crippen LogP contribution in [-0.2, 0) is 0 Å². The highest BCUT2D eigenvalue weighted by Gasteiger charge is 2.20. The van der Waals surface area contributed by atoms with Crippen LogP contribution in [0.4, 0.5) is 0 Å². The minimum Gasteiger partial charge on any atom is -0.455 e. The molecular formula is C58H35N3O2. The first-order valence-corrected chi connectivity index (χ1v) is 21.2. The van der Waals surface area contributed by atoms with Crippen LogP contribution < -0.4 is 0 Å². The van der Waals surface area contributed by atoms with Crippen LogP contribution in [0.5, 0.6) is 0 Å². The molecule has 4 heterocycles. The second-order valence-electron chi connectivity index (χ2n) is 16.1. The normalized spacial score (nSPS) is 11.8. The third-order valence-electron chi connectivity index (χ3n) is 12.4. The summed E-state index contributed by atoms with van der Waals surface area (Å²) in [6, 6.07) is 74.3. The summed E-state index contributed by atoms with van der Waals surface area (Å²) in [7, 11) is 0. The number of para-hydroxylation sites is 4. The molecule has 5 heteroatoms. The Morgan fingerprint density at radius 2 is 0.778 bits per heavy atom. The summed E-state index contributed by atoms with van der Waals surface area (Å²) in [6.07, 6.45) is 0. The Morgan fingerprint density at radius 1 is 0.317 bits per heavy atom. The highest BCUT2D eigenvalue weighted by atomic mass is 16.3. The summed E-state index contributed by atoms with van der Waals surface area (Å²) < 4.78 is 15.5. The van der Waals surface area contributed by atoms with Crippen LogP contribution in [0.1, 0.15) is 0 Å². The Bertz CT molecular complexity index is 3690. The molecule has 0 aliphatic heterocycles. The predicted octanol–water partition coefficient (Wildman–Crippen LogP) is 15.7. The molecule has 0 radical (unpaired) electrons. The molecule has 0 aliphatic carbocycles. The van der Waals surface area contributed by atoms with Gasteiger partial charge >= 0.3 is 0 Å². The Morgan fingerprint density at radius 3 is 1.32 bits per heavy atom. The highest BCUT2D eigenvalue weighted by molar-refractivity contribution is 6.15. The zero-order chi connectivity index (χ0) is 41.4. The second kappa shape index (κ2) is 14.0. The molecule has 9 aromatic carbocycles. The monoisotopic (exact) mass is 805 g/mol. The van der Waals surface area contributed by atoms with Crippen molar-refractivity contribution in [2.45, 2.75) is 0 Å². The van der Waals surface area contributed by atoms with Gasteiger partial charge in [0, 0.05) is 65.8 Å². The molecule has 0 saturated carbocycles. The van der Waals surface area contributed by atoms with Gasteiger partial charge in [-0.25, -0.2) is 9.97 Å². The van der Waals surface area contributed by atoms with E-state index in [1.54, 1.807) is 0 Å². The van der Waals surface area contributed by atoms with Crippen molar-refractivity contribution >= 4 is 65.7 Å². The lowest BCUT2D eigenvalue weighted by atomic mass is 9.98. The minimum absolute atomic E-state index is 0.667. The second-order valence-corrected chi connectivity index (χ2v) is 16.1. The van der Waals surface area contributed by atoms with Gasteiger partial charge in [0.05, 0.1) is 22.4 Å². The molecule has 0 spiro atoms. The highest BCUT2D eigenvalue weighted by Crippen LogP contribution is 2.42. The van der Waals surface area contributed by atoms with Crippen molar-refractivity contribution in [3.8, 4) is 61.8 Å². The van der Waals surface area contributed by atoms with Crippen LogP contribution in [0.2, 0.25) is 0 Å². The maximum absolute atomic E-state index is 6.56. The Kier molecular flexibility index (Phi) is 7.84. The van der Waals surface area contributed by atoms with Gasteiger partial charge in [0.1, 0.15) is 22.3 Å². The largest absolute Gasteiger partial charge is 0.455 e. The number of furan rings is 2. The first-order valence-electron chi connectivity index (χ1n) is 21.2. The van der Waals surface area contributed by atoms with E-state index in [9.17, 15) is 0 Å². The Labute approximate surface area is 361 Å². The molecule has 0 amide bonds. The van der Waals surface area contributed by atoms with Crippen LogP contribution >= 0.6 is 0 Å². The van der Waals surface area contributed by atoms with Gasteiger partial charge in [0.25, 0.3) is 0 Å². The first-order chi connectivity index (χ1) is 31.2. The van der Waals surface area contributed by atoms with E-state index < -0.39 is 0 Å². The fourth-order valence-electron chi connectivity index (χ4n) is 9.46. The summed E-state index contributed by atoms with van der Waals surface area (Å²) in [5.74, 6) is 0.667. The molecule has 0 fully saturated rings. The number of fused-ring (bicyclic) bond motifs is 9. The van der Waals surface area contributed by atoms with Crippen molar-refractivity contribution in [1.82, 2.24) is 14.5 Å². The van der Waals surface area contributed by atoms with Gasteiger partial charge in [-0.2, -0.15) is 0 Å². The van der Waals surface area contributed by atoms with E-state index in [0.717, 1.165) is 122 Å².